The van der Waals surface area contributed by atoms with Crippen LogP contribution in [0.25, 0.3) is 0 Å². The molecule has 0 aromatic heterocycles. The maximum atomic E-state index is 13.1. The highest BCUT2D eigenvalue weighted by molar-refractivity contribution is 7.89. The largest absolute Gasteiger partial charge is 0.480 e. The number of hydrogen-bond donors (Lipinski definition) is 6. The average Bonchev–Trinajstić information content (AvgIpc) is 2.78. The molecule has 36 heavy (non-hydrogen) atoms. The molecule has 1 rings (SSSR count). The number of hydrogen-bond acceptors (Lipinski definition) is 7. The summed E-state index contributed by atoms with van der Waals surface area (Å²) in [6.45, 7) is 5.16. The van der Waals surface area contributed by atoms with Crippen LogP contribution in [-0.2, 0) is 34.0 Å². The van der Waals surface area contributed by atoms with Gasteiger partial charge in [-0.2, -0.15) is 4.72 Å². The number of carbonyl (C=O) groups is 5. The highest BCUT2D eigenvalue weighted by Crippen LogP contribution is 2.15. The van der Waals surface area contributed by atoms with Crippen LogP contribution in [0, 0.1) is 12.8 Å². The lowest BCUT2D eigenvalue weighted by molar-refractivity contribution is -0.143. The van der Waals surface area contributed by atoms with E-state index in [9.17, 15) is 37.5 Å². The third kappa shape index (κ3) is 9.62. The predicted molar refractivity (Wildman–Crippen MR) is 128 cm³/mol. The van der Waals surface area contributed by atoms with Gasteiger partial charge >= 0.3 is 5.97 Å². The number of sulfonamides is 1. The van der Waals surface area contributed by atoms with Crippen LogP contribution in [0.5, 0.6) is 0 Å². The zero-order valence-electron chi connectivity index (χ0n) is 20.3. The molecule has 0 spiro atoms. The zero-order chi connectivity index (χ0) is 27.6. The van der Waals surface area contributed by atoms with E-state index in [0.29, 0.717) is 6.42 Å². The molecule has 8 N–H and O–H groups in total. The molecule has 1 aromatic carbocycles. The number of amides is 4. The molecule has 0 fully saturated rings. The normalized spacial score (nSPS) is 14.6. The fraction of sp³-hybridized carbons (Fsp3) is 0.500. The molecule has 0 bridgehead atoms. The van der Waals surface area contributed by atoms with E-state index in [-0.39, 0.29) is 17.7 Å². The quantitative estimate of drug-likeness (QED) is 0.163. The molecule has 0 radical (unpaired) electrons. The molecule has 1 aromatic rings. The minimum Gasteiger partial charge on any atom is -0.480 e. The maximum absolute atomic E-state index is 13.1. The fourth-order valence-corrected chi connectivity index (χ4v) is 4.41. The van der Waals surface area contributed by atoms with Gasteiger partial charge in [-0.25, -0.2) is 13.2 Å². The van der Waals surface area contributed by atoms with Crippen LogP contribution in [0.15, 0.2) is 29.2 Å². The first-order valence-corrected chi connectivity index (χ1v) is 12.6. The second-order valence-electron chi connectivity index (χ2n) is 8.43. The number of rotatable bonds is 15. The molecule has 0 saturated carbocycles. The SMILES string of the molecule is CC[C@H](C)[C@H](NS(=O)(=O)c1ccc(C)cc1)C(=O)N[C@@H](CCC(N)=O)C(=O)N[C@@H](CC(N)=O)C(=O)O. The Morgan fingerprint density at radius 3 is 1.97 bits per heavy atom. The molecule has 0 aliphatic carbocycles. The number of aryl methyl sites for hydroxylation is 1. The van der Waals surface area contributed by atoms with Crippen molar-refractivity contribution in [2.24, 2.45) is 17.4 Å². The number of aliphatic carboxylic acids is 1. The summed E-state index contributed by atoms with van der Waals surface area (Å²) in [6.07, 6.45) is -0.946. The van der Waals surface area contributed by atoms with E-state index in [1.165, 1.54) is 12.1 Å². The predicted octanol–water partition coefficient (Wildman–Crippen LogP) is -1.12. The van der Waals surface area contributed by atoms with Crippen molar-refractivity contribution in [3.05, 3.63) is 29.8 Å². The minimum absolute atomic E-state index is 0.0621. The number of benzene rings is 1. The Balaban J connectivity index is 3.18. The van der Waals surface area contributed by atoms with Crippen LogP contribution in [0.4, 0.5) is 0 Å². The van der Waals surface area contributed by atoms with Crippen LogP contribution in [-0.4, -0.2) is 61.2 Å². The second-order valence-corrected chi connectivity index (χ2v) is 10.1. The Labute approximate surface area is 209 Å². The van der Waals surface area contributed by atoms with Crippen LogP contribution < -0.4 is 26.8 Å². The van der Waals surface area contributed by atoms with Crippen molar-refractivity contribution < 1.29 is 37.5 Å². The monoisotopic (exact) mass is 527 g/mol. The smallest absolute Gasteiger partial charge is 0.326 e. The Kier molecular flexibility index (Phi) is 11.5. The minimum atomic E-state index is -4.12. The lowest BCUT2D eigenvalue weighted by Gasteiger charge is -2.27. The van der Waals surface area contributed by atoms with Crippen molar-refractivity contribution in [2.45, 2.75) is 69.5 Å². The molecular weight excluding hydrogens is 494 g/mol. The van der Waals surface area contributed by atoms with Gasteiger partial charge in [0.25, 0.3) is 0 Å². The van der Waals surface area contributed by atoms with E-state index in [2.05, 4.69) is 15.4 Å². The molecule has 13 nitrogen and oxygen atoms in total. The number of primary amides is 2. The topological polar surface area (TPSA) is 228 Å². The molecule has 4 amide bonds. The van der Waals surface area contributed by atoms with Crippen molar-refractivity contribution in [1.82, 2.24) is 15.4 Å². The highest BCUT2D eigenvalue weighted by Gasteiger charge is 2.33. The van der Waals surface area contributed by atoms with Crippen molar-refractivity contribution in [3.63, 3.8) is 0 Å². The van der Waals surface area contributed by atoms with Crippen LogP contribution in [0.2, 0.25) is 0 Å². The summed E-state index contributed by atoms with van der Waals surface area (Å²) in [4.78, 5) is 59.6. The molecule has 4 atom stereocenters. The first-order valence-electron chi connectivity index (χ1n) is 11.2. The molecule has 200 valence electrons. The Bertz CT molecular complexity index is 1070. The lowest BCUT2D eigenvalue weighted by Crippen LogP contribution is -2.57. The summed E-state index contributed by atoms with van der Waals surface area (Å²) in [5, 5.41) is 13.7. The van der Waals surface area contributed by atoms with Gasteiger partial charge in [-0.15, -0.1) is 0 Å². The van der Waals surface area contributed by atoms with Gasteiger partial charge in [0.1, 0.15) is 18.1 Å². The van der Waals surface area contributed by atoms with E-state index >= 15 is 0 Å². The van der Waals surface area contributed by atoms with E-state index in [1.807, 2.05) is 0 Å². The lowest BCUT2D eigenvalue weighted by atomic mass is 9.98. The molecule has 0 saturated heterocycles. The molecule has 0 unspecified atom stereocenters. The summed E-state index contributed by atoms with van der Waals surface area (Å²) in [7, 11) is -4.12. The number of carboxylic acids is 1. The molecule has 0 aliphatic heterocycles. The Morgan fingerprint density at radius 1 is 0.944 bits per heavy atom. The first kappa shape index (κ1) is 30.5. The molecule has 14 heteroatoms. The van der Waals surface area contributed by atoms with Crippen LogP contribution in [0.1, 0.15) is 45.1 Å². The Hall–Kier alpha value is -3.52. The van der Waals surface area contributed by atoms with Crippen molar-refractivity contribution >= 4 is 39.6 Å². The van der Waals surface area contributed by atoms with E-state index in [0.717, 1.165) is 5.56 Å². The fourth-order valence-electron chi connectivity index (χ4n) is 3.11. The van der Waals surface area contributed by atoms with Crippen molar-refractivity contribution in [2.75, 3.05) is 0 Å². The third-order valence-electron chi connectivity index (χ3n) is 5.44. The van der Waals surface area contributed by atoms with Gasteiger partial charge in [0.2, 0.25) is 33.7 Å². The highest BCUT2D eigenvalue weighted by atomic mass is 32.2. The summed E-state index contributed by atoms with van der Waals surface area (Å²) >= 11 is 0. The van der Waals surface area contributed by atoms with Gasteiger partial charge in [0.05, 0.1) is 11.3 Å². The third-order valence-corrected chi connectivity index (χ3v) is 6.90. The maximum Gasteiger partial charge on any atom is 0.326 e. The molecule has 0 heterocycles. The standard InChI is InChI=1S/C22H33N5O8S/c1-4-13(3)19(27-36(34,35)14-7-5-12(2)6-8-14)21(31)25-15(9-10-17(23)28)20(30)26-16(22(32)33)11-18(24)29/h5-8,13,15-16,19,27H,4,9-11H2,1-3H3,(H2,23,28)(H2,24,29)(H,25,31)(H,26,30)(H,32,33)/t13-,15-,16-,19-/m0/s1. The van der Waals surface area contributed by atoms with Crippen LogP contribution in [0.3, 0.4) is 0 Å². The van der Waals surface area contributed by atoms with E-state index in [1.54, 1.807) is 32.9 Å². The molecular formula is C22H33N5O8S. The van der Waals surface area contributed by atoms with E-state index < -0.39 is 70.1 Å². The first-order chi connectivity index (χ1) is 16.7. The van der Waals surface area contributed by atoms with Crippen molar-refractivity contribution in [1.29, 1.82) is 0 Å². The van der Waals surface area contributed by atoms with Gasteiger partial charge in [-0.05, 0) is 31.4 Å². The summed E-state index contributed by atoms with van der Waals surface area (Å²) in [5.41, 5.74) is 11.0. The summed E-state index contributed by atoms with van der Waals surface area (Å²) < 4.78 is 28.1. The second kappa shape index (κ2) is 13.5. The van der Waals surface area contributed by atoms with Crippen LogP contribution >= 0.6 is 0 Å². The van der Waals surface area contributed by atoms with Gasteiger partial charge in [0, 0.05) is 6.42 Å². The van der Waals surface area contributed by atoms with Crippen molar-refractivity contribution in [3.8, 4) is 0 Å². The zero-order valence-corrected chi connectivity index (χ0v) is 21.1. The summed E-state index contributed by atoms with van der Waals surface area (Å²) in [5.74, 6) is -5.69. The van der Waals surface area contributed by atoms with Gasteiger partial charge in [0.15, 0.2) is 0 Å². The number of nitrogens with one attached hydrogen (secondary N) is 3. The summed E-state index contributed by atoms with van der Waals surface area (Å²) in [6, 6.07) is 1.55. The number of nitrogens with two attached hydrogens (primary N) is 2. The van der Waals surface area contributed by atoms with Gasteiger partial charge in [-0.3, -0.25) is 19.2 Å². The molecule has 0 aliphatic rings. The van der Waals surface area contributed by atoms with E-state index in [4.69, 9.17) is 11.5 Å². The van der Waals surface area contributed by atoms with Gasteiger partial charge < -0.3 is 27.2 Å². The van der Waals surface area contributed by atoms with Gasteiger partial charge in [-0.1, -0.05) is 38.0 Å². The number of carbonyl (C=O) groups excluding carboxylic acids is 4. The average molecular weight is 528 g/mol. The Morgan fingerprint density at radius 2 is 1.50 bits per heavy atom. The number of carboxylic acid groups (broad SMARTS) is 1.